The molecule has 0 saturated carbocycles. The van der Waals surface area contributed by atoms with Crippen molar-refractivity contribution in [1.29, 1.82) is 0 Å². The molecule has 164 valence electrons. The first kappa shape index (κ1) is 23.7. The predicted molar refractivity (Wildman–Crippen MR) is 136 cm³/mol. The maximum atomic E-state index is 5.90. The summed E-state index contributed by atoms with van der Waals surface area (Å²) < 4.78 is 11.0. The quantitative estimate of drug-likeness (QED) is 0.188. The SMILES string of the molecule is CCC[C@H](CCCC[P+](c1ccccc1)(c1ccccc1)c1ccccc1)OCOC. The topological polar surface area (TPSA) is 18.5 Å². The summed E-state index contributed by atoms with van der Waals surface area (Å²) in [6, 6.07) is 33.5. The number of rotatable bonds is 13. The highest BCUT2D eigenvalue weighted by molar-refractivity contribution is 7.95. The lowest BCUT2D eigenvalue weighted by atomic mass is 10.1. The Morgan fingerprint density at radius 2 is 1.16 bits per heavy atom. The molecule has 0 aliphatic carbocycles. The number of ether oxygens (including phenoxy) is 2. The van der Waals surface area contributed by atoms with Gasteiger partial charge in [-0.25, -0.2) is 0 Å². The van der Waals surface area contributed by atoms with Gasteiger partial charge in [-0.3, -0.25) is 0 Å². The third kappa shape index (κ3) is 6.26. The van der Waals surface area contributed by atoms with E-state index in [-0.39, 0.29) is 0 Å². The lowest BCUT2D eigenvalue weighted by molar-refractivity contribution is -0.0770. The highest BCUT2D eigenvalue weighted by Crippen LogP contribution is 2.56. The first-order valence-corrected chi connectivity index (χ1v) is 13.4. The van der Waals surface area contributed by atoms with E-state index >= 15 is 0 Å². The molecule has 0 N–H and O–H groups in total. The third-order valence-corrected chi connectivity index (χ3v) is 10.4. The number of methoxy groups -OCH3 is 1. The summed E-state index contributed by atoms with van der Waals surface area (Å²) in [4.78, 5) is 0. The monoisotopic (exact) mass is 435 g/mol. The van der Waals surface area contributed by atoms with Crippen molar-refractivity contribution >= 4 is 23.2 Å². The molecule has 0 amide bonds. The summed E-state index contributed by atoms with van der Waals surface area (Å²) in [5.74, 6) is 0. The summed E-state index contributed by atoms with van der Waals surface area (Å²) in [5, 5.41) is 4.40. The number of benzene rings is 3. The molecule has 0 bridgehead atoms. The lowest BCUT2D eigenvalue weighted by Crippen LogP contribution is -2.33. The molecule has 3 heteroatoms. The van der Waals surface area contributed by atoms with Crippen molar-refractivity contribution in [3.8, 4) is 0 Å². The van der Waals surface area contributed by atoms with Crippen molar-refractivity contribution in [2.45, 2.75) is 45.1 Å². The van der Waals surface area contributed by atoms with E-state index in [0.717, 1.165) is 19.3 Å². The van der Waals surface area contributed by atoms with Gasteiger partial charge in [0.15, 0.2) is 0 Å². The summed E-state index contributed by atoms with van der Waals surface area (Å²) >= 11 is 0. The van der Waals surface area contributed by atoms with Crippen molar-refractivity contribution in [2.75, 3.05) is 20.1 Å². The van der Waals surface area contributed by atoms with Crippen LogP contribution in [0.5, 0.6) is 0 Å². The molecule has 0 aliphatic rings. The fourth-order valence-corrected chi connectivity index (χ4v) is 8.81. The molecule has 0 radical (unpaired) electrons. The highest BCUT2D eigenvalue weighted by Gasteiger charge is 2.44. The average molecular weight is 436 g/mol. The van der Waals surface area contributed by atoms with Crippen molar-refractivity contribution < 1.29 is 9.47 Å². The highest BCUT2D eigenvalue weighted by atomic mass is 31.2. The smallest absolute Gasteiger partial charge is 0.146 e. The van der Waals surface area contributed by atoms with Gasteiger partial charge in [-0.15, -0.1) is 0 Å². The zero-order chi connectivity index (χ0) is 21.8. The van der Waals surface area contributed by atoms with Gasteiger partial charge in [-0.2, -0.15) is 0 Å². The molecule has 3 aromatic carbocycles. The molecule has 0 fully saturated rings. The molecule has 0 heterocycles. The van der Waals surface area contributed by atoms with Crippen molar-refractivity contribution in [1.82, 2.24) is 0 Å². The van der Waals surface area contributed by atoms with Crippen LogP contribution < -0.4 is 15.9 Å². The predicted octanol–water partition coefficient (Wildman–Crippen LogP) is 5.94. The second kappa shape index (κ2) is 12.8. The van der Waals surface area contributed by atoms with Gasteiger partial charge in [0.25, 0.3) is 0 Å². The zero-order valence-corrected chi connectivity index (χ0v) is 19.8. The molecule has 0 saturated heterocycles. The van der Waals surface area contributed by atoms with Crippen LogP contribution in [0.2, 0.25) is 0 Å². The van der Waals surface area contributed by atoms with E-state index in [2.05, 4.69) is 97.9 Å². The number of unbranched alkanes of at least 4 members (excludes halogenated alkanes) is 1. The van der Waals surface area contributed by atoms with Crippen LogP contribution in [0.4, 0.5) is 0 Å². The molecule has 1 atom stereocenters. The second-order valence-corrected chi connectivity index (χ2v) is 11.6. The van der Waals surface area contributed by atoms with Gasteiger partial charge in [0.05, 0.1) is 12.3 Å². The maximum Gasteiger partial charge on any atom is 0.146 e. The van der Waals surface area contributed by atoms with E-state index in [1.165, 1.54) is 34.9 Å². The van der Waals surface area contributed by atoms with Crippen LogP contribution in [0.15, 0.2) is 91.0 Å². The molecule has 2 nitrogen and oxygen atoms in total. The Balaban J connectivity index is 1.88. The minimum atomic E-state index is -1.72. The fraction of sp³-hybridized carbons (Fsp3) is 0.357. The van der Waals surface area contributed by atoms with Gasteiger partial charge in [-0.1, -0.05) is 67.9 Å². The standard InChI is InChI=1S/C28H36O2P/c1-3-15-25(30-24-29-2)16-13-14-23-31(26-17-7-4-8-18-26,27-19-9-5-10-20-27)28-21-11-6-12-22-28/h4-12,17-22,25H,3,13-16,23-24H2,1-2H3/q+1/t25-/m1/s1. The van der Waals surface area contributed by atoms with Gasteiger partial charge in [-0.05, 0) is 62.1 Å². The third-order valence-electron chi connectivity index (χ3n) is 5.89. The summed E-state index contributed by atoms with van der Waals surface area (Å²) in [5.41, 5.74) is 0. The normalized spacial score (nSPS) is 12.6. The van der Waals surface area contributed by atoms with Crippen LogP contribution >= 0.6 is 7.26 Å². The lowest BCUT2D eigenvalue weighted by Gasteiger charge is -2.28. The molecule has 0 aromatic heterocycles. The summed E-state index contributed by atoms with van der Waals surface area (Å²) in [7, 11) is -0.0194. The summed E-state index contributed by atoms with van der Waals surface area (Å²) in [6.45, 7) is 2.61. The van der Waals surface area contributed by atoms with E-state index in [1.54, 1.807) is 7.11 Å². The Bertz CT molecular complexity index is 755. The van der Waals surface area contributed by atoms with E-state index in [9.17, 15) is 0 Å². The van der Waals surface area contributed by atoms with E-state index in [4.69, 9.17) is 9.47 Å². The minimum Gasteiger partial charge on any atom is -0.359 e. The molecule has 31 heavy (non-hydrogen) atoms. The molecule has 0 spiro atoms. The zero-order valence-electron chi connectivity index (χ0n) is 19.0. The average Bonchev–Trinajstić information content (AvgIpc) is 2.84. The van der Waals surface area contributed by atoms with E-state index < -0.39 is 7.26 Å². The van der Waals surface area contributed by atoms with Crippen LogP contribution in [0.3, 0.4) is 0 Å². The molecule has 3 aromatic rings. The van der Waals surface area contributed by atoms with Gasteiger partial charge in [0.1, 0.15) is 30.0 Å². The first-order chi connectivity index (χ1) is 15.3. The maximum absolute atomic E-state index is 5.90. The molecule has 0 aliphatic heterocycles. The van der Waals surface area contributed by atoms with Crippen molar-refractivity contribution in [2.24, 2.45) is 0 Å². The van der Waals surface area contributed by atoms with Crippen LogP contribution in [0, 0.1) is 0 Å². The fourth-order valence-electron chi connectivity index (χ4n) is 4.40. The van der Waals surface area contributed by atoms with E-state index in [0.29, 0.717) is 12.9 Å². The van der Waals surface area contributed by atoms with Crippen LogP contribution in [-0.4, -0.2) is 26.2 Å². The Labute approximate surface area is 189 Å². The van der Waals surface area contributed by atoms with Gasteiger partial charge >= 0.3 is 0 Å². The largest absolute Gasteiger partial charge is 0.359 e. The first-order valence-electron chi connectivity index (χ1n) is 11.5. The second-order valence-electron chi connectivity index (χ2n) is 8.02. The van der Waals surface area contributed by atoms with Crippen molar-refractivity contribution in [3.05, 3.63) is 91.0 Å². The molecule has 0 unspecified atom stereocenters. The Morgan fingerprint density at radius 3 is 1.58 bits per heavy atom. The van der Waals surface area contributed by atoms with Crippen LogP contribution in [-0.2, 0) is 9.47 Å². The summed E-state index contributed by atoms with van der Waals surface area (Å²) in [6.07, 6.45) is 7.15. The molecule has 3 rings (SSSR count). The Morgan fingerprint density at radius 1 is 0.677 bits per heavy atom. The molecular weight excluding hydrogens is 399 g/mol. The van der Waals surface area contributed by atoms with Crippen molar-refractivity contribution in [3.63, 3.8) is 0 Å². The van der Waals surface area contributed by atoms with Gasteiger partial charge in [0.2, 0.25) is 0 Å². The number of hydrogen-bond donors (Lipinski definition) is 0. The number of hydrogen-bond acceptors (Lipinski definition) is 2. The minimum absolute atomic E-state index is 0.294. The van der Waals surface area contributed by atoms with Gasteiger partial charge < -0.3 is 9.47 Å². The van der Waals surface area contributed by atoms with Crippen LogP contribution in [0.25, 0.3) is 0 Å². The van der Waals surface area contributed by atoms with E-state index in [1.807, 2.05) is 0 Å². The molecular formula is C28H36O2P+. The van der Waals surface area contributed by atoms with Gasteiger partial charge in [0, 0.05) is 7.11 Å². The Hall–Kier alpha value is -1.99. The van der Waals surface area contributed by atoms with Crippen LogP contribution in [0.1, 0.15) is 39.0 Å². The Kier molecular flexibility index (Phi) is 9.75.